The van der Waals surface area contributed by atoms with Crippen molar-refractivity contribution in [1.29, 1.82) is 0 Å². The van der Waals surface area contributed by atoms with Crippen molar-refractivity contribution in [3.63, 3.8) is 0 Å². The molecule has 0 heterocycles. The van der Waals surface area contributed by atoms with Gasteiger partial charge in [0.1, 0.15) is 0 Å². The predicted molar refractivity (Wildman–Crippen MR) is 65.8 cm³/mol. The summed E-state index contributed by atoms with van der Waals surface area (Å²) in [4.78, 5) is 21.7. The molecule has 18 heavy (non-hydrogen) atoms. The molecule has 0 saturated carbocycles. The van der Waals surface area contributed by atoms with E-state index >= 15 is 0 Å². The van der Waals surface area contributed by atoms with Crippen LogP contribution in [-0.4, -0.2) is 18.0 Å². The maximum absolute atomic E-state index is 11.6. The van der Waals surface area contributed by atoms with E-state index in [9.17, 15) is 14.9 Å². The van der Waals surface area contributed by atoms with Crippen LogP contribution in [-0.2, 0) is 9.53 Å². The van der Waals surface area contributed by atoms with Crippen LogP contribution in [0.3, 0.4) is 0 Å². The van der Waals surface area contributed by atoms with E-state index < -0.39 is 22.3 Å². The molecule has 98 valence electrons. The fraction of sp³-hybridized carbons (Fsp3) is 0.417. The topological polar surface area (TPSA) is 95.5 Å². The molecule has 0 spiro atoms. The molecular formula is C12H16N2O4. The zero-order chi connectivity index (χ0) is 13.9. The molecule has 0 unspecified atom stereocenters. The van der Waals surface area contributed by atoms with Gasteiger partial charge in [0.25, 0.3) is 5.69 Å². The van der Waals surface area contributed by atoms with E-state index in [1.54, 1.807) is 26.0 Å². The van der Waals surface area contributed by atoms with Crippen LogP contribution < -0.4 is 5.73 Å². The minimum atomic E-state index is -0.898. The second kappa shape index (κ2) is 5.14. The number of hydrogen-bond donors (Lipinski definition) is 1. The third-order valence-electron chi connectivity index (χ3n) is 2.95. The zero-order valence-corrected chi connectivity index (χ0v) is 10.5. The molecule has 0 aliphatic heterocycles. The van der Waals surface area contributed by atoms with Gasteiger partial charge in [0.2, 0.25) is 0 Å². The molecule has 1 atom stereocenters. The summed E-state index contributed by atoms with van der Waals surface area (Å²) in [7, 11) is 1.30. The summed E-state index contributed by atoms with van der Waals surface area (Å²) in [6, 6.07) is 5.23. The molecule has 0 bridgehead atoms. The predicted octanol–water partition coefficient (Wildman–Crippen LogP) is 1.79. The molecular weight excluding hydrogens is 236 g/mol. The average Bonchev–Trinajstić information content (AvgIpc) is 2.36. The lowest BCUT2D eigenvalue weighted by atomic mass is 9.81. The number of benzene rings is 1. The Balaban J connectivity index is 3.00. The largest absolute Gasteiger partial charge is 0.469 e. The van der Waals surface area contributed by atoms with Gasteiger partial charge in [-0.3, -0.25) is 14.9 Å². The number of nitro groups is 1. The van der Waals surface area contributed by atoms with Gasteiger partial charge in [-0.05, 0) is 19.4 Å². The van der Waals surface area contributed by atoms with Gasteiger partial charge in [0.15, 0.2) is 0 Å². The first-order chi connectivity index (χ1) is 8.30. The number of hydrogen-bond acceptors (Lipinski definition) is 5. The Hall–Kier alpha value is -1.95. The lowest BCUT2D eigenvalue weighted by Crippen LogP contribution is -2.37. The second-order valence-corrected chi connectivity index (χ2v) is 4.54. The Morgan fingerprint density at radius 1 is 1.39 bits per heavy atom. The number of carbonyl (C=O) groups is 1. The third-order valence-corrected chi connectivity index (χ3v) is 2.95. The van der Waals surface area contributed by atoms with Crippen molar-refractivity contribution in [1.82, 2.24) is 0 Å². The second-order valence-electron chi connectivity index (χ2n) is 4.54. The summed E-state index contributed by atoms with van der Waals surface area (Å²) in [5, 5.41) is 10.5. The summed E-state index contributed by atoms with van der Waals surface area (Å²) >= 11 is 0. The van der Waals surface area contributed by atoms with E-state index in [2.05, 4.69) is 0 Å². The number of ether oxygens (including phenoxy) is 1. The molecule has 2 N–H and O–H groups in total. The van der Waals surface area contributed by atoms with Gasteiger partial charge in [-0.1, -0.05) is 12.1 Å². The number of esters is 1. The van der Waals surface area contributed by atoms with Crippen LogP contribution in [0.1, 0.15) is 25.5 Å². The maximum atomic E-state index is 11.6. The van der Waals surface area contributed by atoms with Gasteiger partial charge in [0.05, 0.1) is 17.4 Å². The number of nitrogens with two attached hydrogens (primary N) is 1. The first kappa shape index (κ1) is 14.1. The monoisotopic (exact) mass is 252 g/mol. The van der Waals surface area contributed by atoms with Crippen molar-refractivity contribution in [2.75, 3.05) is 7.11 Å². The lowest BCUT2D eigenvalue weighted by Gasteiger charge is -2.28. The van der Waals surface area contributed by atoms with Crippen molar-refractivity contribution >= 4 is 11.7 Å². The summed E-state index contributed by atoms with van der Waals surface area (Å²) < 4.78 is 4.69. The third kappa shape index (κ3) is 2.65. The van der Waals surface area contributed by atoms with Crippen LogP contribution in [0.2, 0.25) is 0 Å². The standard InChI is InChI=1S/C12H16N2O4/c1-12(2,11(15)18-3)10(13)8-4-6-9(7-5-8)14(16)17/h4-7,10H,13H2,1-3H3/t10-/m0/s1. The Morgan fingerprint density at radius 3 is 2.28 bits per heavy atom. The molecule has 0 amide bonds. The minimum Gasteiger partial charge on any atom is -0.469 e. The van der Waals surface area contributed by atoms with Gasteiger partial charge >= 0.3 is 5.97 Å². The van der Waals surface area contributed by atoms with E-state index in [-0.39, 0.29) is 5.69 Å². The molecule has 1 aromatic carbocycles. The van der Waals surface area contributed by atoms with Crippen LogP contribution in [0, 0.1) is 15.5 Å². The first-order valence-electron chi connectivity index (χ1n) is 5.39. The van der Waals surface area contributed by atoms with E-state index in [0.29, 0.717) is 5.56 Å². The van der Waals surface area contributed by atoms with Crippen molar-refractivity contribution < 1.29 is 14.5 Å². The van der Waals surface area contributed by atoms with Gasteiger partial charge in [0, 0.05) is 18.2 Å². The Kier molecular flexibility index (Phi) is 4.03. The van der Waals surface area contributed by atoms with Gasteiger partial charge < -0.3 is 10.5 Å². The van der Waals surface area contributed by atoms with Gasteiger partial charge in [-0.2, -0.15) is 0 Å². The van der Waals surface area contributed by atoms with Crippen LogP contribution in [0.5, 0.6) is 0 Å². The number of nitro benzene ring substituents is 1. The first-order valence-corrected chi connectivity index (χ1v) is 5.39. The van der Waals surface area contributed by atoms with Crippen LogP contribution >= 0.6 is 0 Å². The van der Waals surface area contributed by atoms with Crippen molar-refractivity contribution in [2.45, 2.75) is 19.9 Å². The zero-order valence-electron chi connectivity index (χ0n) is 10.5. The fourth-order valence-electron chi connectivity index (χ4n) is 1.61. The fourth-order valence-corrected chi connectivity index (χ4v) is 1.61. The smallest absolute Gasteiger partial charge is 0.313 e. The van der Waals surface area contributed by atoms with Crippen molar-refractivity contribution in [3.8, 4) is 0 Å². The van der Waals surface area contributed by atoms with E-state index in [4.69, 9.17) is 10.5 Å². The van der Waals surface area contributed by atoms with E-state index in [1.165, 1.54) is 19.2 Å². The van der Waals surface area contributed by atoms with Crippen molar-refractivity contribution in [2.24, 2.45) is 11.1 Å². The molecule has 0 aromatic heterocycles. The highest BCUT2D eigenvalue weighted by Gasteiger charge is 2.36. The SMILES string of the molecule is COC(=O)C(C)(C)[C@@H](N)c1ccc([N+](=O)[O-])cc1. The molecule has 0 radical (unpaired) electrons. The maximum Gasteiger partial charge on any atom is 0.313 e. The number of carbonyl (C=O) groups excluding carboxylic acids is 1. The lowest BCUT2D eigenvalue weighted by molar-refractivity contribution is -0.384. The van der Waals surface area contributed by atoms with Crippen LogP contribution in [0.25, 0.3) is 0 Å². The summed E-state index contributed by atoms with van der Waals surface area (Å²) in [6.07, 6.45) is 0. The van der Waals surface area contributed by atoms with Crippen LogP contribution in [0.15, 0.2) is 24.3 Å². The molecule has 1 rings (SSSR count). The molecule has 0 fully saturated rings. The van der Waals surface area contributed by atoms with E-state index in [0.717, 1.165) is 0 Å². The highest BCUT2D eigenvalue weighted by molar-refractivity contribution is 5.77. The Morgan fingerprint density at radius 2 is 1.89 bits per heavy atom. The quantitative estimate of drug-likeness (QED) is 0.500. The highest BCUT2D eigenvalue weighted by Crippen LogP contribution is 2.33. The number of methoxy groups -OCH3 is 1. The average molecular weight is 252 g/mol. The molecule has 6 heteroatoms. The minimum absolute atomic E-state index is 0.0122. The molecule has 1 aromatic rings. The number of rotatable bonds is 4. The Labute approximate surface area is 105 Å². The normalized spacial score (nSPS) is 12.9. The molecule has 0 saturated heterocycles. The van der Waals surface area contributed by atoms with Crippen LogP contribution in [0.4, 0.5) is 5.69 Å². The van der Waals surface area contributed by atoms with E-state index in [1.807, 2.05) is 0 Å². The number of nitrogens with zero attached hydrogens (tertiary/aromatic N) is 1. The van der Waals surface area contributed by atoms with Gasteiger partial charge in [-0.25, -0.2) is 0 Å². The molecule has 0 aliphatic carbocycles. The highest BCUT2D eigenvalue weighted by atomic mass is 16.6. The summed E-state index contributed by atoms with van der Waals surface area (Å²) in [5.41, 5.74) is 5.74. The molecule has 6 nitrogen and oxygen atoms in total. The Bertz CT molecular complexity index is 454. The number of non-ortho nitro benzene ring substituents is 1. The molecule has 0 aliphatic rings. The van der Waals surface area contributed by atoms with Crippen molar-refractivity contribution in [3.05, 3.63) is 39.9 Å². The van der Waals surface area contributed by atoms with Gasteiger partial charge in [-0.15, -0.1) is 0 Å². The summed E-state index contributed by atoms with van der Waals surface area (Å²) in [6.45, 7) is 3.34. The summed E-state index contributed by atoms with van der Waals surface area (Å²) in [5.74, 6) is -0.423.